The normalized spacial score (nSPS) is 24.7. The zero-order valence-electron chi connectivity index (χ0n) is 41.8. The maximum atomic E-state index is 13.6. The Labute approximate surface area is 429 Å². The molecule has 0 aliphatic carbocycles. The van der Waals surface area contributed by atoms with Crippen LogP contribution in [-0.4, -0.2) is 98.0 Å². The number of unbranched alkanes of at least 4 members (excludes halogenated alkanes) is 12. The molecule has 4 aromatic heterocycles. The molecule has 3 aliphatic rings. The van der Waals surface area contributed by atoms with Gasteiger partial charge in [-0.2, -0.15) is 4.98 Å². The molecule has 412 valence electrons. The third-order valence-electron chi connectivity index (χ3n) is 13.6. The van der Waals surface area contributed by atoms with E-state index < -0.39 is 106 Å². The number of hydrogen-bond acceptors (Lipinski definition) is 18. The summed E-state index contributed by atoms with van der Waals surface area (Å²) >= 11 is 0. The molecule has 3 fully saturated rings. The van der Waals surface area contributed by atoms with Gasteiger partial charge in [-0.05, 0) is 37.8 Å². The lowest BCUT2D eigenvalue weighted by molar-refractivity contribution is -0.232. The van der Waals surface area contributed by atoms with E-state index in [1.54, 1.807) is 0 Å². The van der Waals surface area contributed by atoms with Gasteiger partial charge < -0.3 is 43.7 Å². The standard InChI is InChI=1S/C45H66N12O16P2/c1-3-4-5-6-7-8-9-10-11-12-13-14-15-16-35(58)50-34-19-20-55(44(61)51-34)37-21-29(40(73-74(63,64)65)31-17-18-36(70-31)57-27-49-39-41(57)47-26-48-43(39)60)32(71-37)24-68-75(66,67)69-25-33-30(53-54-46)22-38(72-33)56-23-28(2)42(59)52-45(56)62/h19-20,23,26-27,29-33,36-38,40H,3-18,21-22,24-25H2,1-2H3,(H,66,67)(H,47,48,60)(H,52,59,62)(H2,63,64,65)(H,50,51,58,61)/p-1. The van der Waals surface area contributed by atoms with E-state index in [0.29, 0.717) is 6.42 Å². The van der Waals surface area contributed by atoms with Crippen LogP contribution in [-0.2, 0) is 41.7 Å². The van der Waals surface area contributed by atoms with Crippen LogP contribution in [0.5, 0.6) is 0 Å². The first-order valence-electron chi connectivity index (χ1n) is 25.4. The number of amides is 1. The number of anilines is 1. The van der Waals surface area contributed by atoms with Gasteiger partial charge in [0, 0.05) is 48.0 Å². The number of nitrogens with one attached hydrogen (secondary N) is 3. The summed E-state index contributed by atoms with van der Waals surface area (Å²) in [5, 5.41) is 6.33. The van der Waals surface area contributed by atoms with Gasteiger partial charge in [0.05, 0.1) is 56.3 Å². The topological polar surface area (TPSA) is 384 Å². The Balaban J connectivity index is 1.01. The summed E-state index contributed by atoms with van der Waals surface area (Å²) in [5.41, 5.74) is 6.79. The zero-order chi connectivity index (χ0) is 53.7. The summed E-state index contributed by atoms with van der Waals surface area (Å²) in [5.74, 6) is -1.54. The van der Waals surface area contributed by atoms with E-state index in [0.717, 1.165) is 28.4 Å². The maximum absolute atomic E-state index is 13.6. The number of nitrogens with zero attached hydrogens (tertiary/aromatic N) is 9. The van der Waals surface area contributed by atoms with Crippen molar-refractivity contribution in [3.05, 3.63) is 88.8 Å². The van der Waals surface area contributed by atoms with Gasteiger partial charge in [0.25, 0.3) is 18.9 Å². The Morgan fingerprint density at radius 2 is 1.55 bits per heavy atom. The second kappa shape index (κ2) is 26.7. The Morgan fingerprint density at radius 1 is 0.893 bits per heavy atom. The molecule has 11 atom stereocenters. The number of azide groups is 1. The lowest BCUT2D eigenvalue weighted by Gasteiger charge is -2.34. The summed E-state index contributed by atoms with van der Waals surface area (Å²) in [6.45, 7) is 2.16. The van der Waals surface area contributed by atoms with Gasteiger partial charge in [-0.25, -0.2) is 24.1 Å². The lowest BCUT2D eigenvalue weighted by Crippen LogP contribution is -2.41. The van der Waals surface area contributed by atoms with Gasteiger partial charge in [0.2, 0.25) is 5.91 Å². The molecule has 0 bridgehead atoms. The number of aromatic amines is 2. The first-order chi connectivity index (χ1) is 35.9. The third-order valence-corrected chi connectivity index (χ3v) is 15.1. The number of aromatic nitrogens is 8. The van der Waals surface area contributed by atoms with Crippen molar-refractivity contribution in [3.8, 4) is 0 Å². The predicted molar refractivity (Wildman–Crippen MR) is 265 cm³/mol. The molecule has 0 saturated carbocycles. The van der Waals surface area contributed by atoms with Crippen molar-refractivity contribution in [2.75, 3.05) is 18.5 Å². The van der Waals surface area contributed by atoms with Crippen LogP contribution in [0.2, 0.25) is 0 Å². The molecular weight excluding hydrogens is 1030 g/mol. The number of carbonyl (C=O) groups excluding carboxylic acids is 1. The smallest absolute Gasteiger partial charge is 0.472 e. The maximum Gasteiger partial charge on any atom is 0.472 e. The molecule has 5 N–H and O–H groups in total. The van der Waals surface area contributed by atoms with E-state index in [9.17, 15) is 53.3 Å². The molecule has 4 aromatic rings. The van der Waals surface area contributed by atoms with Crippen LogP contribution >= 0.6 is 15.6 Å². The van der Waals surface area contributed by atoms with Crippen molar-refractivity contribution in [2.45, 2.75) is 179 Å². The van der Waals surface area contributed by atoms with Crippen molar-refractivity contribution in [2.24, 2.45) is 11.0 Å². The van der Waals surface area contributed by atoms with Crippen LogP contribution in [0, 0.1) is 12.8 Å². The SMILES string of the molecule is CCCCCCCCCCCCCCCC(=O)Nc1ccn(C2CC(C(OP(=O)([O-])O)C3CCC(n4cnc5c(=O)[nH]cnc54)O3)C(COP(=O)(O)OCC3OC(n4cc(C)c(=O)[nH]c4=O)CC3N=[N+]=[N-])O2)c(=O)n1. The first kappa shape index (κ1) is 57.5. The number of phosphoric acid groups is 2. The average molecular weight is 1090 g/mol. The molecule has 7 rings (SSSR count). The minimum absolute atomic E-state index is 0.0167. The summed E-state index contributed by atoms with van der Waals surface area (Å²) in [7, 11) is -10.7. The van der Waals surface area contributed by atoms with Crippen molar-refractivity contribution in [1.82, 2.24) is 38.6 Å². The molecule has 11 unspecified atom stereocenters. The van der Waals surface area contributed by atoms with E-state index in [4.69, 9.17) is 27.8 Å². The zero-order valence-corrected chi connectivity index (χ0v) is 43.5. The Hall–Kier alpha value is -5.21. The summed E-state index contributed by atoms with van der Waals surface area (Å²) in [6.07, 6.45) is 11.8. The van der Waals surface area contributed by atoms with E-state index in [1.807, 2.05) is 0 Å². The van der Waals surface area contributed by atoms with Gasteiger partial charge in [-0.15, -0.1) is 0 Å². The van der Waals surface area contributed by atoms with Crippen LogP contribution in [0.15, 0.2) is 55.4 Å². The fraction of sp³-hybridized carbons (Fsp3) is 0.689. The molecule has 30 heteroatoms. The number of phosphoric ester groups is 2. The van der Waals surface area contributed by atoms with E-state index >= 15 is 0 Å². The molecule has 0 aromatic carbocycles. The predicted octanol–water partition coefficient (Wildman–Crippen LogP) is 5.18. The first-order valence-corrected chi connectivity index (χ1v) is 28.4. The highest BCUT2D eigenvalue weighted by Gasteiger charge is 2.49. The van der Waals surface area contributed by atoms with Gasteiger partial charge >= 0.3 is 19.2 Å². The van der Waals surface area contributed by atoms with Crippen LogP contribution in [0.4, 0.5) is 5.82 Å². The monoisotopic (exact) mass is 1090 g/mol. The Bertz CT molecular complexity index is 2950. The Kier molecular flexibility index (Phi) is 20.5. The van der Waals surface area contributed by atoms with Crippen molar-refractivity contribution in [3.63, 3.8) is 0 Å². The fourth-order valence-electron chi connectivity index (χ4n) is 9.78. The summed E-state index contributed by atoms with van der Waals surface area (Å²) < 4.78 is 64.1. The molecule has 28 nitrogen and oxygen atoms in total. The molecular formula is C45H65N12O16P2-. The molecule has 3 aliphatic heterocycles. The molecule has 0 radical (unpaired) electrons. The second-order valence-corrected chi connectivity index (χ2v) is 21.7. The number of imidazole rings is 1. The van der Waals surface area contributed by atoms with E-state index in [2.05, 4.69) is 47.2 Å². The molecule has 75 heavy (non-hydrogen) atoms. The van der Waals surface area contributed by atoms with Gasteiger partial charge in [-0.3, -0.25) is 46.7 Å². The highest BCUT2D eigenvalue weighted by Crippen LogP contribution is 2.50. The van der Waals surface area contributed by atoms with E-state index in [1.165, 1.54) is 100 Å². The minimum atomic E-state index is -5.59. The number of aryl methyl sites for hydroxylation is 1. The van der Waals surface area contributed by atoms with Crippen molar-refractivity contribution in [1.29, 1.82) is 0 Å². The highest BCUT2D eigenvalue weighted by molar-refractivity contribution is 7.47. The fourth-order valence-corrected chi connectivity index (χ4v) is 11.1. The second-order valence-electron chi connectivity index (χ2n) is 19.0. The third kappa shape index (κ3) is 15.9. The van der Waals surface area contributed by atoms with Gasteiger partial charge in [-0.1, -0.05) is 89.1 Å². The van der Waals surface area contributed by atoms with Crippen LogP contribution < -0.4 is 32.7 Å². The number of ether oxygens (including phenoxy) is 3. The summed E-state index contributed by atoms with van der Waals surface area (Å²) in [6, 6.07) is 0.367. The average Bonchev–Trinajstić information content (AvgIpc) is 4.19. The molecule has 0 spiro atoms. The number of rotatable bonds is 29. The van der Waals surface area contributed by atoms with Gasteiger partial charge in [0.15, 0.2) is 11.2 Å². The highest BCUT2D eigenvalue weighted by atomic mass is 31.2. The Morgan fingerprint density at radius 3 is 2.21 bits per heavy atom. The molecule has 1 amide bonds. The quantitative estimate of drug-likeness (QED) is 0.0154. The molecule has 3 saturated heterocycles. The number of fused-ring (bicyclic) bond motifs is 1. The number of hydrogen-bond donors (Lipinski definition) is 5. The minimum Gasteiger partial charge on any atom is -0.756 e. The van der Waals surface area contributed by atoms with Crippen molar-refractivity contribution >= 4 is 38.5 Å². The number of H-pyrrole nitrogens is 2. The van der Waals surface area contributed by atoms with Crippen LogP contribution in [0.3, 0.4) is 0 Å². The molecule has 7 heterocycles. The van der Waals surface area contributed by atoms with Crippen molar-refractivity contribution < 1.29 is 56.4 Å². The summed E-state index contributed by atoms with van der Waals surface area (Å²) in [4.78, 5) is 117. The number of carbonyl (C=O) groups is 1. The van der Waals surface area contributed by atoms with Crippen LogP contribution in [0.1, 0.15) is 147 Å². The van der Waals surface area contributed by atoms with Crippen LogP contribution in [0.25, 0.3) is 21.6 Å². The van der Waals surface area contributed by atoms with Gasteiger partial charge in [0.1, 0.15) is 24.5 Å². The van der Waals surface area contributed by atoms with E-state index in [-0.39, 0.29) is 60.6 Å². The lowest BCUT2D eigenvalue weighted by atomic mass is 9.90. The largest absolute Gasteiger partial charge is 0.756 e.